The van der Waals surface area contributed by atoms with Gasteiger partial charge in [0.2, 0.25) is 5.91 Å². The molecule has 1 aromatic rings. The first-order chi connectivity index (χ1) is 12.3. The Bertz CT molecular complexity index is 654. The van der Waals surface area contributed by atoms with Gasteiger partial charge in [-0.05, 0) is 55.1 Å². The highest BCUT2D eigenvalue weighted by Gasteiger charge is 2.55. The zero-order chi connectivity index (χ0) is 16.9. The standard InChI is InChI=1S/C21H27NOS2/c23-20(22-9-8-15-4-1-2-5-16(15)14-22)17-12-18-6-3-7-19(13-17)21(18)24-10-11-25-21/h1-2,4-5,17-19H,3,6-14H2/t17?,18-,19+. The molecule has 2 nitrogen and oxygen atoms in total. The van der Waals surface area contributed by atoms with Crippen LogP contribution in [0.2, 0.25) is 0 Å². The van der Waals surface area contributed by atoms with E-state index >= 15 is 0 Å². The fourth-order valence-corrected chi connectivity index (χ4v) is 9.69. The van der Waals surface area contributed by atoms with Gasteiger partial charge in [-0.1, -0.05) is 30.7 Å². The first kappa shape index (κ1) is 16.6. The van der Waals surface area contributed by atoms with Gasteiger partial charge in [-0.15, -0.1) is 23.5 Å². The van der Waals surface area contributed by atoms with E-state index in [1.54, 1.807) is 0 Å². The maximum absolute atomic E-state index is 13.3. The van der Waals surface area contributed by atoms with Crippen molar-refractivity contribution in [3.8, 4) is 0 Å². The van der Waals surface area contributed by atoms with Gasteiger partial charge in [-0.25, -0.2) is 0 Å². The highest BCUT2D eigenvalue weighted by molar-refractivity contribution is 8.21. The van der Waals surface area contributed by atoms with Crippen LogP contribution in [0, 0.1) is 17.8 Å². The van der Waals surface area contributed by atoms with Gasteiger partial charge in [0.25, 0.3) is 0 Å². The van der Waals surface area contributed by atoms with Crippen molar-refractivity contribution in [1.29, 1.82) is 0 Å². The van der Waals surface area contributed by atoms with E-state index in [2.05, 4.69) is 52.7 Å². The summed E-state index contributed by atoms with van der Waals surface area (Å²) in [5, 5.41) is 0. The molecule has 2 aliphatic heterocycles. The zero-order valence-corrected chi connectivity index (χ0v) is 16.4. The van der Waals surface area contributed by atoms with Crippen LogP contribution in [0.15, 0.2) is 24.3 Å². The third-order valence-electron chi connectivity index (χ3n) is 6.91. The molecule has 2 heterocycles. The van der Waals surface area contributed by atoms with Gasteiger partial charge in [-0.3, -0.25) is 4.79 Å². The third kappa shape index (κ3) is 2.75. The lowest BCUT2D eigenvalue weighted by Gasteiger charge is -2.52. The molecule has 1 spiro atoms. The van der Waals surface area contributed by atoms with Gasteiger partial charge in [0.05, 0.1) is 4.08 Å². The summed E-state index contributed by atoms with van der Waals surface area (Å²) in [6.07, 6.45) is 7.40. The van der Waals surface area contributed by atoms with E-state index < -0.39 is 0 Å². The summed E-state index contributed by atoms with van der Waals surface area (Å²) in [6.45, 7) is 1.74. The minimum atomic E-state index is 0.285. The van der Waals surface area contributed by atoms with Crippen molar-refractivity contribution in [2.45, 2.75) is 49.1 Å². The molecule has 2 saturated carbocycles. The lowest BCUT2D eigenvalue weighted by atomic mass is 9.66. The molecule has 1 saturated heterocycles. The summed E-state index contributed by atoms with van der Waals surface area (Å²) in [4.78, 5) is 15.5. The second-order valence-corrected chi connectivity index (χ2v) is 11.2. The molecule has 134 valence electrons. The van der Waals surface area contributed by atoms with E-state index in [-0.39, 0.29) is 5.92 Å². The van der Waals surface area contributed by atoms with Gasteiger partial charge in [0.1, 0.15) is 0 Å². The van der Waals surface area contributed by atoms with Crippen LogP contribution in [-0.2, 0) is 17.8 Å². The van der Waals surface area contributed by atoms with Crippen molar-refractivity contribution >= 4 is 29.4 Å². The molecule has 1 aromatic carbocycles. The van der Waals surface area contributed by atoms with Gasteiger partial charge < -0.3 is 4.90 Å². The zero-order valence-electron chi connectivity index (χ0n) is 14.8. The number of fused-ring (bicyclic) bond motifs is 1. The largest absolute Gasteiger partial charge is 0.338 e. The number of benzene rings is 1. The molecular formula is C21H27NOS2. The van der Waals surface area contributed by atoms with Crippen molar-refractivity contribution in [3.63, 3.8) is 0 Å². The van der Waals surface area contributed by atoms with Crippen LogP contribution in [0.5, 0.6) is 0 Å². The average Bonchev–Trinajstić information content (AvgIpc) is 3.10. The Kier molecular flexibility index (Phi) is 4.32. The van der Waals surface area contributed by atoms with Crippen LogP contribution < -0.4 is 0 Å². The molecule has 2 bridgehead atoms. The van der Waals surface area contributed by atoms with Crippen molar-refractivity contribution in [2.75, 3.05) is 18.1 Å². The topological polar surface area (TPSA) is 20.3 Å². The van der Waals surface area contributed by atoms with Crippen LogP contribution >= 0.6 is 23.5 Å². The number of thioether (sulfide) groups is 2. The number of carbonyl (C=O) groups is 1. The van der Waals surface area contributed by atoms with Gasteiger partial charge >= 0.3 is 0 Å². The normalized spacial score (nSPS) is 33.3. The predicted octanol–water partition coefficient (Wildman–Crippen LogP) is 4.57. The van der Waals surface area contributed by atoms with E-state index in [0.29, 0.717) is 9.99 Å². The minimum Gasteiger partial charge on any atom is -0.338 e. The molecule has 3 atom stereocenters. The quantitative estimate of drug-likeness (QED) is 0.719. The lowest BCUT2D eigenvalue weighted by molar-refractivity contribution is -0.139. The van der Waals surface area contributed by atoms with Crippen molar-refractivity contribution in [1.82, 2.24) is 4.90 Å². The van der Waals surface area contributed by atoms with E-state index in [0.717, 1.165) is 44.2 Å². The first-order valence-corrected chi connectivity index (χ1v) is 11.9. The number of amides is 1. The van der Waals surface area contributed by atoms with Crippen LogP contribution in [0.25, 0.3) is 0 Å². The lowest BCUT2D eigenvalue weighted by Crippen LogP contribution is -2.50. The second-order valence-electron chi connectivity index (χ2n) is 8.19. The highest BCUT2D eigenvalue weighted by Crippen LogP contribution is 2.64. The Hall–Kier alpha value is -0.610. The van der Waals surface area contributed by atoms with Crippen LogP contribution in [0.3, 0.4) is 0 Å². The molecule has 4 heteroatoms. The Balaban J connectivity index is 1.32. The molecule has 2 aliphatic carbocycles. The molecule has 4 aliphatic rings. The first-order valence-electron chi connectivity index (χ1n) is 9.90. The van der Waals surface area contributed by atoms with Crippen molar-refractivity contribution < 1.29 is 4.79 Å². The Morgan fingerprint density at radius 3 is 2.44 bits per heavy atom. The molecule has 0 radical (unpaired) electrons. The summed E-state index contributed by atoms with van der Waals surface area (Å²) in [6, 6.07) is 8.65. The summed E-state index contributed by atoms with van der Waals surface area (Å²) < 4.78 is 0.476. The average molecular weight is 374 g/mol. The Morgan fingerprint density at radius 2 is 1.72 bits per heavy atom. The number of carbonyl (C=O) groups excluding carboxylic acids is 1. The molecule has 1 unspecified atom stereocenters. The third-order valence-corrected chi connectivity index (χ3v) is 10.9. The number of nitrogens with zero attached hydrogens (tertiary/aromatic N) is 1. The summed E-state index contributed by atoms with van der Waals surface area (Å²) >= 11 is 4.47. The van der Waals surface area contributed by atoms with Crippen LogP contribution in [0.4, 0.5) is 0 Å². The maximum Gasteiger partial charge on any atom is 0.226 e. The maximum atomic E-state index is 13.3. The summed E-state index contributed by atoms with van der Waals surface area (Å²) in [7, 11) is 0. The number of rotatable bonds is 1. The number of hydrogen-bond donors (Lipinski definition) is 0. The molecule has 3 fully saturated rings. The molecule has 0 N–H and O–H groups in total. The highest BCUT2D eigenvalue weighted by atomic mass is 32.2. The van der Waals surface area contributed by atoms with Gasteiger partial charge in [0.15, 0.2) is 0 Å². The molecule has 25 heavy (non-hydrogen) atoms. The molecular weight excluding hydrogens is 346 g/mol. The summed E-state index contributed by atoms with van der Waals surface area (Å²) in [5.41, 5.74) is 2.79. The van der Waals surface area contributed by atoms with Crippen LogP contribution in [-0.4, -0.2) is 32.9 Å². The van der Waals surface area contributed by atoms with Crippen molar-refractivity contribution in [3.05, 3.63) is 35.4 Å². The predicted molar refractivity (Wildman–Crippen MR) is 107 cm³/mol. The van der Waals surface area contributed by atoms with Gasteiger partial charge in [-0.2, -0.15) is 0 Å². The van der Waals surface area contributed by atoms with E-state index in [1.165, 1.54) is 41.9 Å². The van der Waals surface area contributed by atoms with E-state index in [9.17, 15) is 4.79 Å². The monoisotopic (exact) mass is 373 g/mol. The van der Waals surface area contributed by atoms with Crippen LogP contribution in [0.1, 0.15) is 43.2 Å². The van der Waals surface area contributed by atoms with Gasteiger partial charge in [0, 0.05) is 30.5 Å². The SMILES string of the molecule is O=C(C1C[C@H]2CCC[C@@H](C1)C21SCCS1)N1CCc2ccccc2C1. The fraction of sp³-hybridized carbons (Fsp3) is 0.667. The Labute approximate surface area is 159 Å². The minimum absolute atomic E-state index is 0.285. The molecule has 5 rings (SSSR count). The second kappa shape index (κ2) is 6.53. The smallest absolute Gasteiger partial charge is 0.226 e. The molecule has 0 aromatic heterocycles. The van der Waals surface area contributed by atoms with E-state index in [4.69, 9.17) is 0 Å². The summed E-state index contributed by atoms with van der Waals surface area (Å²) in [5.74, 6) is 4.91. The Morgan fingerprint density at radius 1 is 1.04 bits per heavy atom. The fourth-order valence-electron chi connectivity index (χ4n) is 5.75. The number of hydrogen-bond acceptors (Lipinski definition) is 3. The molecule has 1 amide bonds. The van der Waals surface area contributed by atoms with Crippen molar-refractivity contribution in [2.24, 2.45) is 17.8 Å². The van der Waals surface area contributed by atoms with E-state index in [1.807, 2.05) is 0 Å².